The molecule has 1 amide bonds. The largest absolute Gasteiger partial charge is 0.475 e. The average Bonchev–Trinajstić information content (AvgIpc) is 3.14. The first-order valence-corrected chi connectivity index (χ1v) is 12.0. The van der Waals surface area contributed by atoms with Crippen LogP contribution in [0.15, 0.2) is 21.6 Å². The van der Waals surface area contributed by atoms with Crippen LogP contribution in [0.1, 0.15) is 56.0 Å². The van der Waals surface area contributed by atoms with Gasteiger partial charge in [-0.25, -0.2) is 13.2 Å². The molecule has 168 valence electrons. The van der Waals surface area contributed by atoms with Gasteiger partial charge in [0.05, 0.1) is 6.10 Å². The van der Waals surface area contributed by atoms with Gasteiger partial charge < -0.3 is 19.2 Å². The highest BCUT2D eigenvalue weighted by Gasteiger charge is 2.36. The molecule has 3 rings (SSSR count). The minimum atomic E-state index is -3.91. The zero-order chi connectivity index (χ0) is 21.7. The molecule has 1 atom stereocenters. The third-order valence-electron chi connectivity index (χ3n) is 5.73. The molecule has 0 saturated carbocycles. The van der Waals surface area contributed by atoms with Crippen molar-refractivity contribution >= 4 is 21.9 Å². The van der Waals surface area contributed by atoms with Gasteiger partial charge in [0.15, 0.2) is 0 Å². The molecule has 3 heterocycles. The molecular formula is C20H30N2O7S. The lowest BCUT2D eigenvalue weighted by Gasteiger charge is -2.33. The van der Waals surface area contributed by atoms with E-state index in [0.717, 1.165) is 44.4 Å². The van der Waals surface area contributed by atoms with Crippen molar-refractivity contribution in [3.63, 3.8) is 0 Å². The van der Waals surface area contributed by atoms with Gasteiger partial charge in [0, 0.05) is 38.7 Å². The Morgan fingerprint density at radius 2 is 1.87 bits per heavy atom. The van der Waals surface area contributed by atoms with E-state index in [2.05, 4.69) is 6.92 Å². The fourth-order valence-corrected chi connectivity index (χ4v) is 5.42. The predicted molar refractivity (Wildman–Crippen MR) is 108 cm³/mol. The zero-order valence-electron chi connectivity index (χ0n) is 17.3. The Bertz CT molecular complexity index is 843. The van der Waals surface area contributed by atoms with Crippen LogP contribution in [0.5, 0.6) is 0 Å². The smallest absolute Gasteiger partial charge is 0.371 e. The maximum Gasteiger partial charge on any atom is 0.371 e. The number of carboxylic acid groups (broad SMARTS) is 1. The number of nitrogens with zero attached hydrogens (tertiary/aromatic N) is 2. The third-order valence-corrected chi connectivity index (χ3v) is 7.51. The summed E-state index contributed by atoms with van der Waals surface area (Å²) in [5.41, 5.74) is 0. The first-order valence-electron chi connectivity index (χ1n) is 10.6. The van der Waals surface area contributed by atoms with Gasteiger partial charge in [-0.1, -0.05) is 6.92 Å². The van der Waals surface area contributed by atoms with Gasteiger partial charge in [-0.2, -0.15) is 4.31 Å². The van der Waals surface area contributed by atoms with E-state index in [1.807, 2.05) is 4.90 Å². The normalized spacial score (nSPS) is 22.0. The number of amides is 1. The molecule has 1 aromatic heterocycles. The summed E-state index contributed by atoms with van der Waals surface area (Å²) in [5, 5.41) is 8.54. The number of hydrogen-bond donors (Lipinski definition) is 1. The Labute approximate surface area is 177 Å². The summed E-state index contributed by atoms with van der Waals surface area (Å²) in [6.45, 7) is 4.63. The maximum atomic E-state index is 13.0. The van der Waals surface area contributed by atoms with Crippen molar-refractivity contribution in [2.75, 3.05) is 32.8 Å². The van der Waals surface area contributed by atoms with Gasteiger partial charge in [-0.05, 0) is 50.7 Å². The number of carbonyl (C=O) groups excluding carboxylic acids is 1. The van der Waals surface area contributed by atoms with Crippen LogP contribution < -0.4 is 0 Å². The Hall–Kier alpha value is -1.91. The molecule has 9 nitrogen and oxygen atoms in total. The summed E-state index contributed by atoms with van der Waals surface area (Å²) in [6.07, 6.45) is 4.78. The second kappa shape index (κ2) is 9.93. The minimum absolute atomic E-state index is 0.0920. The molecule has 2 fully saturated rings. The Morgan fingerprint density at radius 1 is 1.13 bits per heavy atom. The van der Waals surface area contributed by atoms with E-state index in [1.54, 1.807) is 0 Å². The van der Waals surface area contributed by atoms with Crippen molar-refractivity contribution in [3.8, 4) is 0 Å². The fraction of sp³-hybridized carbons (Fsp3) is 0.700. The highest BCUT2D eigenvalue weighted by Crippen LogP contribution is 2.27. The van der Waals surface area contributed by atoms with E-state index in [9.17, 15) is 18.0 Å². The molecule has 2 aliphatic heterocycles. The summed E-state index contributed by atoms with van der Waals surface area (Å²) < 4.78 is 37.5. The van der Waals surface area contributed by atoms with E-state index in [1.165, 1.54) is 4.31 Å². The second-order valence-electron chi connectivity index (χ2n) is 7.85. The number of rotatable bonds is 7. The van der Waals surface area contributed by atoms with E-state index < -0.39 is 21.8 Å². The molecule has 1 N–H and O–H groups in total. The molecule has 0 radical (unpaired) electrons. The molecule has 1 aromatic rings. The fourth-order valence-electron chi connectivity index (χ4n) is 4.04. The molecule has 10 heteroatoms. The number of sulfonamides is 1. The molecule has 0 spiro atoms. The van der Waals surface area contributed by atoms with Gasteiger partial charge in [0.1, 0.15) is 0 Å². The highest BCUT2D eigenvalue weighted by atomic mass is 32.2. The molecule has 2 saturated heterocycles. The van der Waals surface area contributed by atoms with Crippen molar-refractivity contribution in [2.24, 2.45) is 5.92 Å². The molecular weight excluding hydrogens is 412 g/mol. The van der Waals surface area contributed by atoms with Crippen LogP contribution >= 0.6 is 0 Å². The molecule has 2 aliphatic rings. The Morgan fingerprint density at radius 3 is 2.50 bits per heavy atom. The van der Waals surface area contributed by atoms with Crippen LogP contribution in [0.2, 0.25) is 0 Å². The summed E-state index contributed by atoms with van der Waals surface area (Å²) in [5.74, 6) is -1.84. The molecule has 30 heavy (non-hydrogen) atoms. The quantitative estimate of drug-likeness (QED) is 0.688. The van der Waals surface area contributed by atoms with Gasteiger partial charge in [-0.3, -0.25) is 4.79 Å². The number of ether oxygens (including phenoxy) is 1. The standard InChI is InChI=1S/C20H30N2O7S/c1-2-14-28-16-4-3-10-21(11-9-16)19(23)15-7-12-22(13-8-15)30(26,27)18-6-5-17(29-18)20(24)25/h5-6,15-16H,2-4,7-14H2,1H3,(H,24,25)/t16-/m0/s1. The zero-order valence-corrected chi connectivity index (χ0v) is 18.1. The number of carbonyl (C=O) groups is 2. The SMILES string of the molecule is CCCO[C@H]1CCCN(C(=O)C2CCN(S(=O)(=O)c3ccc(C(=O)O)o3)CC2)CC1. The molecule has 0 unspecified atom stereocenters. The lowest BCUT2D eigenvalue weighted by Crippen LogP contribution is -2.44. The van der Waals surface area contributed by atoms with Crippen LogP contribution in [-0.4, -0.2) is 73.5 Å². The average molecular weight is 443 g/mol. The summed E-state index contributed by atoms with van der Waals surface area (Å²) >= 11 is 0. The first-order chi connectivity index (χ1) is 14.3. The van der Waals surface area contributed by atoms with E-state index in [4.69, 9.17) is 14.3 Å². The monoisotopic (exact) mass is 442 g/mol. The summed E-state index contributed by atoms with van der Waals surface area (Å²) in [6, 6.07) is 2.28. The van der Waals surface area contributed by atoms with Crippen molar-refractivity contribution in [1.29, 1.82) is 0 Å². The van der Waals surface area contributed by atoms with Gasteiger partial charge >= 0.3 is 5.97 Å². The van der Waals surface area contributed by atoms with E-state index in [0.29, 0.717) is 25.9 Å². The van der Waals surface area contributed by atoms with Gasteiger partial charge in [0.25, 0.3) is 10.0 Å². The van der Waals surface area contributed by atoms with E-state index >= 15 is 0 Å². The molecule has 0 aromatic carbocycles. The number of piperidine rings is 1. The van der Waals surface area contributed by atoms with Crippen molar-refractivity contribution in [3.05, 3.63) is 17.9 Å². The van der Waals surface area contributed by atoms with Gasteiger partial charge in [-0.15, -0.1) is 0 Å². The second-order valence-corrected chi connectivity index (χ2v) is 9.72. The maximum absolute atomic E-state index is 13.0. The number of likely N-dealkylation sites (tertiary alicyclic amines) is 1. The van der Waals surface area contributed by atoms with Gasteiger partial charge in [0.2, 0.25) is 16.8 Å². The number of aromatic carboxylic acids is 1. The highest BCUT2D eigenvalue weighted by molar-refractivity contribution is 7.89. The van der Waals surface area contributed by atoms with Crippen molar-refractivity contribution in [1.82, 2.24) is 9.21 Å². The molecule has 0 bridgehead atoms. The Balaban J connectivity index is 1.54. The van der Waals surface area contributed by atoms with Crippen LogP contribution in [0.4, 0.5) is 0 Å². The van der Waals surface area contributed by atoms with Crippen LogP contribution in [0.3, 0.4) is 0 Å². The number of carboxylic acids is 1. The summed E-state index contributed by atoms with van der Waals surface area (Å²) in [4.78, 5) is 25.8. The molecule has 0 aliphatic carbocycles. The van der Waals surface area contributed by atoms with Crippen LogP contribution in [-0.2, 0) is 19.6 Å². The summed E-state index contributed by atoms with van der Waals surface area (Å²) in [7, 11) is -3.91. The topological polar surface area (TPSA) is 117 Å². The van der Waals surface area contributed by atoms with Crippen molar-refractivity contribution in [2.45, 2.75) is 56.6 Å². The van der Waals surface area contributed by atoms with Crippen LogP contribution in [0.25, 0.3) is 0 Å². The van der Waals surface area contributed by atoms with E-state index in [-0.39, 0.29) is 36.1 Å². The van der Waals surface area contributed by atoms with Crippen LogP contribution in [0, 0.1) is 5.92 Å². The Kier molecular flexibility index (Phi) is 7.54. The first kappa shape index (κ1) is 22.8. The van der Waals surface area contributed by atoms with Crippen molar-refractivity contribution < 1.29 is 32.3 Å². The predicted octanol–water partition coefficient (Wildman–Crippen LogP) is 2.19. The minimum Gasteiger partial charge on any atom is -0.475 e. The third kappa shape index (κ3) is 5.22. The lowest BCUT2D eigenvalue weighted by atomic mass is 9.96. The number of hydrogen-bond acceptors (Lipinski definition) is 6. The number of furan rings is 1. The lowest BCUT2D eigenvalue weighted by molar-refractivity contribution is -0.136.